The highest BCUT2D eigenvalue weighted by Crippen LogP contribution is 2.19. The van der Waals surface area contributed by atoms with Crippen LogP contribution in [-0.4, -0.2) is 36.7 Å². The number of ether oxygens (including phenoxy) is 1. The molecule has 1 amide bonds. The summed E-state index contributed by atoms with van der Waals surface area (Å²) in [6, 6.07) is 8.80. The molecule has 1 fully saturated rings. The number of likely N-dealkylation sites (tertiary alicyclic amines) is 1. The Labute approximate surface area is 127 Å². The van der Waals surface area contributed by atoms with Crippen LogP contribution in [0.3, 0.4) is 0 Å². The quantitative estimate of drug-likeness (QED) is 0.927. The van der Waals surface area contributed by atoms with E-state index in [0.29, 0.717) is 12.5 Å². The molecule has 1 aromatic rings. The molecule has 0 saturated carbocycles. The van der Waals surface area contributed by atoms with Crippen molar-refractivity contribution in [2.24, 2.45) is 5.92 Å². The molecule has 1 saturated heterocycles. The van der Waals surface area contributed by atoms with E-state index in [2.05, 4.69) is 48.3 Å². The molecular weight excluding hydrogens is 264 g/mol. The molecule has 4 heteroatoms. The van der Waals surface area contributed by atoms with Crippen LogP contribution >= 0.6 is 0 Å². The Bertz CT molecular complexity index is 476. The number of piperidine rings is 1. The first-order valence-electron chi connectivity index (χ1n) is 7.78. The number of carbonyl (C=O) groups excluding carboxylic acids is 1. The Morgan fingerprint density at radius 1 is 1.43 bits per heavy atom. The summed E-state index contributed by atoms with van der Waals surface area (Å²) in [6.45, 7) is 9.50. The highest BCUT2D eigenvalue weighted by atomic mass is 16.5. The number of benzene rings is 1. The third-order valence-electron chi connectivity index (χ3n) is 3.82. The molecule has 21 heavy (non-hydrogen) atoms. The fourth-order valence-corrected chi connectivity index (χ4v) is 3.10. The van der Waals surface area contributed by atoms with Crippen molar-refractivity contribution < 1.29 is 9.53 Å². The minimum atomic E-state index is -0.299. The molecule has 1 aromatic carbocycles. The fourth-order valence-electron chi connectivity index (χ4n) is 3.10. The van der Waals surface area contributed by atoms with Crippen molar-refractivity contribution in [1.82, 2.24) is 10.2 Å². The van der Waals surface area contributed by atoms with Crippen molar-refractivity contribution in [2.45, 2.75) is 39.8 Å². The van der Waals surface area contributed by atoms with Gasteiger partial charge >= 0.3 is 6.09 Å². The molecule has 2 atom stereocenters. The Morgan fingerprint density at radius 3 is 2.95 bits per heavy atom. The predicted octanol–water partition coefficient (Wildman–Crippen LogP) is 2.95. The number of amides is 1. The van der Waals surface area contributed by atoms with Crippen LogP contribution in [0.1, 0.15) is 31.4 Å². The smallest absolute Gasteiger partial charge is 0.407 e. The van der Waals surface area contributed by atoms with Crippen LogP contribution in [0.5, 0.6) is 0 Å². The number of alkyl carbamates (subject to hydrolysis) is 1. The first-order chi connectivity index (χ1) is 10.1. The van der Waals surface area contributed by atoms with Gasteiger partial charge in [-0.15, -0.1) is 0 Å². The number of nitrogens with zero attached hydrogens (tertiary/aromatic N) is 1. The second-order valence-electron chi connectivity index (χ2n) is 6.09. The minimum Gasteiger partial charge on any atom is -0.450 e. The first kappa shape index (κ1) is 15.8. The van der Waals surface area contributed by atoms with E-state index in [0.717, 1.165) is 26.1 Å². The van der Waals surface area contributed by atoms with Gasteiger partial charge in [0.1, 0.15) is 0 Å². The van der Waals surface area contributed by atoms with Crippen molar-refractivity contribution >= 4 is 6.09 Å². The molecule has 116 valence electrons. The van der Waals surface area contributed by atoms with E-state index in [4.69, 9.17) is 4.74 Å². The molecular formula is C17H26N2O2. The maximum absolute atomic E-state index is 11.6. The van der Waals surface area contributed by atoms with Crippen molar-refractivity contribution in [1.29, 1.82) is 0 Å². The number of nitrogens with one attached hydrogen (secondary N) is 1. The first-order valence-corrected chi connectivity index (χ1v) is 7.78. The van der Waals surface area contributed by atoms with Crippen LogP contribution in [0, 0.1) is 12.8 Å². The van der Waals surface area contributed by atoms with Crippen LogP contribution < -0.4 is 5.32 Å². The zero-order chi connectivity index (χ0) is 15.2. The number of hydrogen-bond donors (Lipinski definition) is 1. The van der Waals surface area contributed by atoms with Crippen LogP contribution in [0.4, 0.5) is 4.79 Å². The number of hydrogen-bond acceptors (Lipinski definition) is 3. The lowest BCUT2D eigenvalue weighted by Gasteiger charge is -2.36. The second-order valence-corrected chi connectivity index (χ2v) is 6.09. The average Bonchev–Trinajstić information content (AvgIpc) is 2.38. The predicted molar refractivity (Wildman–Crippen MR) is 84.2 cm³/mol. The maximum atomic E-state index is 11.6. The Morgan fingerprint density at radius 2 is 2.24 bits per heavy atom. The van der Waals surface area contributed by atoms with E-state index in [9.17, 15) is 4.79 Å². The van der Waals surface area contributed by atoms with Gasteiger partial charge in [0.05, 0.1) is 6.61 Å². The van der Waals surface area contributed by atoms with E-state index in [1.54, 1.807) is 0 Å². The van der Waals surface area contributed by atoms with Crippen LogP contribution in [0.2, 0.25) is 0 Å². The largest absolute Gasteiger partial charge is 0.450 e. The zero-order valence-corrected chi connectivity index (χ0v) is 13.3. The molecule has 0 spiro atoms. The molecule has 1 aliphatic heterocycles. The summed E-state index contributed by atoms with van der Waals surface area (Å²) in [4.78, 5) is 14.0. The lowest BCUT2D eigenvalue weighted by atomic mass is 9.95. The Hall–Kier alpha value is -1.55. The highest BCUT2D eigenvalue weighted by molar-refractivity contribution is 5.67. The third kappa shape index (κ3) is 5.05. The third-order valence-corrected chi connectivity index (χ3v) is 3.82. The summed E-state index contributed by atoms with van der Waals surface area (Å²) < 4.78 is 4.98. The molecule has 1 N–H and O–H groups in total. The van der Waals surface area contributed by atoms with Crippen LogP contribution in [0.15, 0.2) is 24.3 Å². The minimum absolute atomic E-state index is 0.178. The summed E-state index contributed by atoms with van der Waals surface area (Å²) in [7, 11) is 0. The highest BCUT2D eigenvalue weighted by Gasteiger charge is 2.26. The van der Waals surface area contributed by atoms with Gasteiger partial charge in [-0.25, -0.2) is 4.79 Å². The van der Waals surface area contributed by atoms with Crippen molar-refractivity contribution in [3.05, 3.63) is 35.4 Å². The van der Waals surface area contributed by atoms with Crippen LogP contribution in [-0.2, 0) is 11.3 Å². The molecule has 0 radical (unpaired) electrons. The van der Waals surface area contributed by atoms with Crippen molar-refractivity contribution in [2.75, 3.05) is 19.7 Å². The Balaban J connectivity index is 1.92. The van der Waals surface area contributed by atoms with Gasteiger partial charge < -0.3 is 10.1 Å². The van der Waals surface area contributed by atoms with Gasteiger partial charge in [0.2, 0.25) is 0 Å². The molecule has 0 aliphatic carbocycles. The molecule has 2 rings (SSSR count). The summed E-state index contributed by atoms with van der Waals surface area (Å²) in [5, 5.41) is 2.97. The zero-order valence-electron chi connectivity index (χ0n) is 13.3. The van der Waals surface area contributed by atoms with Gasteiger partial charge in [-0.1, -0.05) is 36.8 Å². The summed E-state index contributed by atoms with van der Waals surface area (Å²) in [5.74, 6) is 0.579. The molecule has 2 unspecified atom stereocenters. The molecule has 1 aliphatic rings. The van der Waals surface area contributed by atoms with Gasteiger partial charge in [-0.2, -0.15) is 0 Å². The molecule has 0 aromatic heterocycles. The topological polar surface area (TPSA) is 41.6 Å². The molecule has 4 nitrogen and oxygen atoms in total. The number of carbonyl (C=O) groups is 1. The SMILES string of the molecule is CCOC(=O)NC1CC(C)CN(Cc2cccc(C)c2)C1. The summed E-state index contributed by atoms with van der Waals surface area (Å²) >= 11 is 0. The fraction of sp³-hybridized carbons (Fsp3) is 0.588. The number of rotatable bonds is 4. The van der Waals surface area contributed by atoms with E-state index >= 15 is 0 Å². The monoisotopic (exact) mass is 290 g/mol. The van der Waals surface area contributed by atoms with E-state index in [1.165, 1.54) is 11.1 Å². The van der Waals surface area contributed by atoms with Crippen molar-refractivity contribution in [3.8, 4) is 0 Å². The van der Waals surface area contributed by atoms with E-state index in [-0.39, 0.29) is 12.1 Å². The maximum Gasteiger partial charge on any atom is 0.407 e. The standard InChI is InChI=1S/C17H26N2O2/c1-4-21-17(20)18-16-9-14(3)10-19(12-16)11-15-7-5-6-13(2)8-15/h5-8,14,16H,4,9-12H2,1-3H3,(H,18,20). The van der Waals surface area contributed by atoms with Crippen molar-refractivity contribution in [3.63, 3.8) is 0 Å². The van der Waals surface area contributed by atoms with E-state index in [1.807, 2.05) is 6.92 Å². The average molecular weight is 290 g/mol. The van der Waals surface area contributed by atoms with Gasteiger partial charge in [-0.05, 0) is 31.7 Å². The van der Waals surface area contributed by atoms with Gasteiger partial charge in [0.15, 0.2) is 0 Å². The lowest BCUT2D eigenvalue weighted by molar-refractivity contribution is 0.118. The summed E-state index contributed by atoms with van der Waals surface area (Å²) in [6.07, 6.45) is 0.718. The normalized spacial score (nSPS) is 22.8. The van der Waals surface area contributed by atoms with Gasteiger partial charge in [0, 0.05) is 25.7 Å². The van der Waals surface area contributed by atoms with Gasteiger partial charge in [-0.3, -0.25) is 4.90 Å². The summed E-state index contributed by atoms with van der Waals surface area (Å²) in [5.41, 5.74) is 2.62. The van der Waals surface area contributed by atoms with Crippen LogP contribution in [0.25, 0.3) is 0 Å². The lowest BCUT2D eigenvalue weighted by Crippen LogP contribution is -2.50. The Kier molecular flexibility index (Phi) is 5.62. The molecule has 0 bridgehead atoms. The second kappa shape index (κ2) is 7.46. The van der Waals surface area contributed by atoms with E-state index < -0.39 is 0 Å². The van der Waals surface area contributed by atoms with Gasteiger partial charge in [0.25, 0.3) is 0 Å². The number of aryl methyl sites for hydroxylation is 1. The molecule has 1 heterocycles.